The highest BCUT2D eigenvalue weighted by Gasteiger charge is 2.10. The highest BCUT2D eigenvalue weighted by atomic mass is 32.1. The predicted octanol–water partition coefficient (Wildman–Crippen LogP) is 3.07. The van der Waals surface area contributed by atoms with Gasteiger partial charge in [0.2, 0.25) is 0 Å². The molecule has 0 unspecified atom stereocenters. The number of carbonyl (C=O) groups is 2. The molecular formula is C21H25N3O4S. The number of methoxy groups -OCH3 is 1. The number of hydrazine groups is 1. The molecule has 154 valence electrons. The SMILES string of the molecule is COc1ccc(C(=O)NNC(=S)NC(=O)c2ccc(OCCC(C)C)cc2)cc1. The monoisotopic (exact) mass is 415 g/mol. The molecule has 0 bridgehead atoms. The fourth-order valence-electron chi connectivity index (χ4n) is 2.25. The zero-order chi connectivity index (χ0) is 21.2. The molecule has 2 aromatic rings. The highest BCUT2D eigenvalue weighted by molar-refractivity contribution is 7.80. The van der Waals surface area contributed by atoms with Crippen LogP contribution in [0.5, 0.6) is 11.5 Å². The zero-order valence-corrected chi connectivity index (χ0v) is 17.5. The van der Waals surface area contributed by atoms with Gasteiger partial charge in [-0.05, 0) is 73.1 Å². The molecule has 0 saturated heterocycles. The Labute approximate surface area is 175 Å². The molecule has 7 nitrogen and oxygen atoms in total. The molecule has 0 fully saturated rings. The van der Waals surface area contributed by atoms with E-state index in [0.29, 0.717) is 35.2 Å². The average molecular weight is 416 g/mol. The summed E-state index contributed by atoms with van der Waals surface area (Å²) in [6.07, 6.45) is 0.963. The van der Waals surface area contributed by atoms with Gasteiger partial charge < -0.3 is 9.47 Å². The summed E-state index contributed by atoms with van der Waals surface area (Å²) in [5.41, 5.74) is 5.77. The Balaban J connectivity index is 1.79. The van der Waals surface area contributed by atoms with Crippen LogP contribution in [0.3, 0.4) is 0 Å². The second-order valence-corrected chi connectivity index (χ2v) is 7.05. The van der Waals surface area contributed by atoms with E-state index in [1.807, 2.05) is 0 Å². The second kappa shape index (κ2) is 11.0. The number of rotatable bonds is 7. The molecule has 0 atom stereocenters. The van der Waals surface area contributed by atoms with Gasteiger partial charge in [0, 0.05) is 11.1 Å². The summed E-state index contributed by atoms with van der Waals surface area (Å²) in [7, 11) is 1.55. The Kier molecular flexibility index (Phi) is 8.42. The van der Waals surface area contributed by atoms with E-state index in [1.165, 1.54) is 0 Å². The Morgan fingerprint density at radius 1 is 0.897 bits per heavy atom. The third kappa shape index (κ3) is 7.42. The molecule has 8 heteroatoms. The Morgan fingerprint density at radius 3 is 2.00 bits per heavy atom. The molecule has 0 saturated carbocycles. The van der Waals surface area contributed by atoms with Gasteiger partial charge in [0.1, 0.15) is 11.5 Å². The van der Waals surface area contributed by atoms with E-state index in [9.17, 15) is 9.59 Å². The van der Waals surface area contributed by atoms with Crippen molar-refractivity contribution in [3.05, 3.63) is 59.7 Å². The standard InChI is InChI=1S/C21H25N3O4S/c1-14(2)12-13-28-18-10-6-15(7-11-18)19(25)22-21(29)24-23-20(26)16-4-8-17(27-3)9-5-16/h4-11,14H,12-13H2,1-3H3,(H,23,26)(H2,22,24,25,29). The van der Waals surface area contributed by atoms with Crippen LogP contribution in [0.15, 0.2) is 48.5 Å². The first-order chi connectivity index (χ1) is 13.9. The first-order valence-corrected chi connectivity index (χ1v) is 9.58. The molecule has 2 aromatic carbocycles. The maximum absolute atomic E-state index is 12.2. The van der Waals surface area contributed by atoms with Gasteiger partial charge in [-0.25, -0.2) is 0 Å². The topological polar surface area (TPSA) is 88.7 Å². The fraction of sp³-hybridized carbons (Fsp3) is 0.286. The smallest absolute Gasteiger partial charge is 0.269 e. The lowest BCUT2D eigenvalue weighted by molar-refractivity contribution is 0.0934. The highest BCUT2D eigenvalue weighted by Crippen LogP contribution is 2.13. The minimum absolute atomic E-state index is 0.0193. The molecule has 0 spiro atoms. The van der Waals surface area contributed by atoms with Crippen LogP contribution in [0, 0.1) is 5.92 Å². The van der Waals surface area contributed by atoms with Crippen LogP contribution in [-0.4, -0.2) is 30.6 Å². The van der Waals surface area contributed by atoms with Crippen LogP contribution in [-0.2, 0) is 0 Å². The molecular weight excluding hydrogens is 390 g/mol. The lowest BCUT2D eigenvalue weighted by atomic mass is 10.1. The summed E-state index contributed by atoms with van der Waals surface area (Å²) in [6, 6.07) is 13.3. The number of hydrogen-bond donors (Lipinski definition) is 3. The maximum Gasteiger partial charge on any atom is 0.269 e. The molecule has 0 aromatic heterocycles. The van der Waals surface area contributed by atoms with Crippen LogP contribution >= 0.6 is 12.2 Å². The van der Waals surface area contributed by atoms with Crippen molar-refractivity contribution in [2.45, 2.75) is 20.3 Å². The number of ether oxygens (including phenoxy) is 2. The van der Waals surface area contributed by atoms with Crippen LogP contribution in [0.2, 0.25) is 0 Å². The van der Waals surface area contributed by atoms with Crippen molar-refractivity contribution in [3.8, 4) is 11.5 Å². The third-order valence-corrected chi connectivity index (χ3v) is 4.15. The van der Waals surface area contributed by atoms with Crippen molar-refractivity contribution < 1.29 is 19.1 Å². The summed E-state index contributed by atoms with van der Waals surface area (Å²) in [4.78, 5) is 24.3. The first kappa shape index (κ1) is 22.2. The quantitative estimate of drug-likeness (QED) is 0.476. The molecule has 0 heterocycles. The predicted molar refractivity (Wildman–Crippen MR) is 115 cm³/mol. The number of benzene rings is 2. The lowest BCUT2D eigenvalue weighted by Gasteiger charge is -2.12. The molecule has 29 heavy (non-hydrogen) atoms. The molecule has 0 aliphatic heterocycles. The largest absolute Gasteiger partial charge is 0.497 e. The van der Waals surface area contributed by atoms with E-state index in [-0.39, 0.29) is 5.11 Å². The maximum atomic E-state index is 12.2. The van der Waals surface area contributed by atoms with Crippen molar-refractivity contribution >= 4 is 29.1 Å². The van der Waals surface area contributed by atoms with Crippen molar-refractivity contribution in [2.75, 3.05) is 13.7 Å². The molecule has 2 rings (SSSR count). The van der Waals surface area contributed by atoms with Gasteiger partial charge in [-0.2, -0.15) is 0 Å². The number of hydrogen-bond acceptors (Lipinski definition) is 5. The van der Waals surface area contributed by atoms with E-state index in [2.05, 4.69) is 30.0 Å². The molecule has 3 N–H and O–H groups in total. The fourth-order valence-corrected chi connectivity index (χ4v) is 2.39. The van der Waals surface area contributed by atoms with E-state index in [0.717, 1.165) is 6.42 Å². The van der Waals surface area contributed by atoms with Gasteiger partial charge in [-0.3, -0.25) is 25.8 Å². The van der Waals surface area contributed by atoms with E-state index >= 15 is 0 Å². The average Bonchev–Trinajstić information content (AvgIpc) is 2.72. The summed E-state index contributed by atoms with van der Waals surface area (Å²) < 4.78 is 10.7. The first-order valence-electron chi connectivity index (χ1n) is 9.17. The summed E-state index contributed by atoms with van der Waals surface area (Å²) in [5, 5.41) is 2.49. The Bertz CT molecular complexity index is 836. The molecule has 0 radical (unpaired) electrons. The van der Waals surface area contributed by atoms with Gasteiger partial charge in [-0.15, -0.1) is 0 Å². The van der Waals surface area contributed by atoms with Crippen LogP contribution in [0.4, 0.5) is 0 Å². The zero-order valence-electron chi connectivity index (χ0n) is 16.7. The van der Waals surface area contributed by atoms with Gasteiger partial charge in [0.05, 0.1) is 13.7 Å². The van der Waals surface area contributed by atoms with Crippen LogP contribution < -0.4 is 25.6 Å². The number of thiocarbonyl (C=S) groups is 1. The summed E-state index contributed by atoms with van der Waals surface area (Å²) in [6.45, 7) is 4.89. The van der Waals surface area contributed by atoms with E-state index < -0.39 is 11.8 Å². The van der Waals surface area contributed by atoms with Crippen molar-refractivity contribution in [3.63, 3.8) is 0 Å². The van der Waals surface area contributed by atoms with Crippen molar-refractivity contribution in [1.29, 1.82) is 0 Å². The Morgan fingerprint density at radius 2 is 1.45 bits per heavy atom. The van der Waals surface area contributed by atoms with Gasteiger partial charge >= 0.3 is 0 Å². The van der Waals surface area contributed by atoms with Crippen molar-refractivity contribution in [2.24, 2.45) is 5.92 Å². The molecule has 0 aliphatic rings. The number of amides is 2. The van der Waals surface area contributed by atoms with E-state index in [4.69, 9.17) is 21.7 Å². The van der Waals surface area contributed by atoms with Gasteiger partial charge in [-0.1, -0.05) is 13.8 Å². The molecule has 0 aliphatic carbocycles. The Hall–Kier alpha value is -3.13. The van der Waals surface area contributed by atoms with Crippen LogP contribution in [0.25, 0.3) is 0 Å². The number of nitrogens with one attached hydrogen (secondary N) is 3. The minimum atomic E-state index is -0.396. The summed E-state index contributed by atoms with van der Waals surface area (Å²) >= 11 is 5.04. The minimum Gasteiger partial charge on any atom is -0.497 e. The normalized spacial score (nSPS) is 10.2. The molecule has 2 amide bonds. The third-order valence-electron chi connectivity index (χ3n) is 3.95. The number of carbonyl (C=O) groups excluding carboxylic acids is 2. The van der Waals surface area contributed by atoms with E-state index in [1.54, 1.807) is 55.6 Å². The second-order valence-electron chi connectivity index (χ2n) is 6.65. The van der Waals surface area contributed by atoms with Crippen LogP contribution in [0.1, 0.15) is 41.0 Å². The van der Waals surface area contributed by atoms with Gasteiger partial charge in [0.25, 0.3) is 11.8 Å². The van der Waals surface area contributed by atoms with Gasteiger partial charge in [0.15, 0.2) is 5.11 Å². The summed E-state index contributed by atoms with van der Waals surface area (Å²) in [5.74, 6) is 1.13. The lowest BCUT2D eigenvalue weighted by Crippen LogP contribution is -2.48. The van der Waals surface area contributed by atoms with Crippen molar-refractivity contribution in [1.82, 2.24) is 16.2 Å².